The number of nitrogens with zero attached hydrogens (tertiary/aromatic N) is 1. The van der Waals surface area contributed by atoms with Gasteiger partial charge in [-0.3, -0.25) is 4.79 Å². The second-order valence-electron chi connectivity index (χ2n) is 5.05. The van der Waals surface area contributed by atoms with Gasteiger partial charge in [0.2, 0.25) is 0 Å². The number of benzene rings is 2. The molecule has 0 aliphatic carbocycles. The summed E-state index contributed by atoms with van der Waals surface area (Å²) in [7, 11) is 1.79. The monoisotopic (exact) mass is 268 g/mol. The lowest BCUT2D eigenvalue weighted by Crippen LogP contribution is -2.26. The fourth-order valence-electron chi connectivity index (χ4n) is 2.21. The van der Waals surface area contributed by atoms with E-state index in [1.807, 2.05) is 56.3 Å². The Labute approximate surface area is 120 Å². The topological polar surface area (TPSA) is 46.3 Å². The van der Waals surface area contributed by atoms with E-state index in [0.29, 0.717) is 6.54 Å². The summed E-state index contributed by atoms with van der Waals surface area (Å²) in [5, 5.41) is 0. The SMILES string of the molecule is Cc1ccc(C(=O)N(C)c2ccc(CN)cc2)c(C)c1. The molecule has 0 heterocycles. The highest BCUT2D eigenvalue weighted by molar-refractivity contribution is 6.06. The van der Waals surface area contributed by atoms with Crippen molar-refractivity contribution in [1.29, 1.82) is 0 Å². The Morgan fingerprint density at radius 2 is 1.75 bits per heavy atom. The lowest BCUT2D eigenvalue weighted by atomic mass is 10.0. The van der Waals surface area contributed by atoms with Gasteiger partial charge in [0, 0.05) is 24.8 Å². The first-order chi connectivity index (χ1) is 9.52. The van der Waals surface area contributed by atoms with E-state index < -0.39 is 0 Å². The second-order valence-corrected chi connectivity index (χ2v) is 5.05. The van der Waals surface area contributed by atoms with Crippen molar-refractivity contribution in [3.05, 3.63) is 64.7 Å². The number of anilines is 1. The summed E-state index contributed by atoms with van der Waals surface area (Å²) in [6.07, 6.45) is 0. The minimum Gasteiger partial charge on any atom is -0.326 e. The summed E-state index contributed by atoms with van der Waals surface area (Å²) in [5.74, 6) is 0.00278. The van der Waals surface area contributed by atoms with Crippen LogP contribution in [0.4, 0.5) is 5.69 Å². The van der Waals surface area contributed by atoms with Crippen molar-refractivity contribution in [2.75, 3.05) is 11.9 Å². The highest BCUT2D eigenvalue weighted by atomic mass is 16.2. The molecule has 0 radical (unpaired) electrons. The molecule has 0 atom stereocenters. The summed E-state index contributed by atoms with van der Waals surface area (Å²) in [4.78, 5) is 14.2. The maximum atomic E-state index is 12.5. The zero-order chi connectivity index (χ0) is 14.7. The van der Waals surface area contributed by atoms with Crippen LogP contribution in [-0.2, 0) is 6.54 Å². The van der Waals surface area contributed by atoms with E-state index in [0.717, 1.165) is 27.9 Å². The molecule has 3 heteroatoms. The van der Waals surface area contributed by atoms with Crippen molar-refractivity contribution in [1.82, 2.24) is 0 Å². The molecule has 3 nitrogen and oxygen atoms in total. The van der Waals surface area contributed by atoms with Gasteiger partial charge in [0.05, 0.1) is 0 Å². The van der Waals surface area contributed by atoms with E-state index in [9.17, 15) is 4.79 Å². The summed E-state index contributed by atoms with van der Waals surface area (Å²) in [5.41, 5.74) is 10.4. The number of carbonyl (C=O) groups is 1. The predicted molar refractivity (Wildman–Crippen MR) is 83.0 cm³/mol. The van der Waals surface area contributed by atoms with Crippen molar-refractivity contribution >= 4 is 11.6 Å². The van der Waals surface area contributed by atoms with Crippen molar-refractivity contribution in [3.8, 4) is 0 Å². The third-order valence-corrected chi connectivity index (χ3v) is 3.48. The maximum Gasteiger partial charge on any atom is 0.258 e. The maximum absolute atomic E-state index is 12.5. The zero-order valence-electron chi connectivity index (χ0n) is 12.2. The number of aryl methyl sites for hydroxylation is 2. The van der Waals surface area contributed by atoms with E-state index in [4.69, 9.17) is 5.73 Å². The Morgan fingerprint density at radius 3 is 2.30 bits per heavy atom. The summed E-state index contributed by atoms with van der Waals surface area (Å²) < 4.78 is 0. The second kappa shape index (κ2) is 5.88. The first kappa shape index (κ1) is 14.3. The van der Waals surface area contributed by atoms with Crippen molar-refractivity contribution in [3.63, 3.8) is 0 Å². The van der Waals surface area contributed by atoms with E-state index >= 15 is 0 Å². The normalized spacial score (nSPS) is 10.4. The van der Waals surface area contributed by atoms with Crippen LogP contribution in [0.5, 0.6) is 0 Å². The lowest BCUT2D eigenvalue weighted by molar-refractivity contribution is 0.0992. The van der Waals surface area contributed by atoms with E-state index in [1.165, 1.54) is 0 Å². The number of amides is 1. The fraction of sp³-hybridized carbons (Fsp3) is 0.235. The Kier molecular flexibility index (Phi) is 4.20. The Morgan fingerprint density at radius 1 is 1.10 bits per heavy atom. The molecule has 0 bridgehead atoms. The summed E-state index contributed by atoms with van der Waals surface area (Å²) >= 11 is 0. The molecule has 2 aromatic rings. The molecule has 0 saturated carbocycles. The largest absolute Gasteiger partial charge is 0.326 e. The number of rotatable bonds is 3. The third kappa shape index (κ3) is 2.89. The van der Waals surface area contributed by atoms with Gasteiger partial charge in [-0.05, 0) is 43.2 Å². The summed E-state index contributed by atoms with van der Waals surface area (Å²) in [6.45, 7) is 4.50. The number of hydrogen-bond donors (Lipinski definition) is 1. The number of nitrogens with two attached hydrogens (primary N) is 1. The van der Waals surface area contributed by atoms with Gasteiger partial charge in [-0.1, -0.05) is 29.8 Å². The third-order valence-electron chi connectivity index (χ3n) is 3.48. The molecule has 1 amide bonds. The fourth-order valence-corrected chi connectivity index (χ4v) is 2.21. The summed E-state index contributed by atoms with van der Waals surface area (Å²) in [6, 6.07) is 13.6. The van der Waals surface area contributed by atoms with Crippen molar-refractivity contribution in [2.24, 2.45) is 5.73 Å². The van der Waals surface area contributed by atoms with Crippen molar-refractivity contribution < 1.29 is 4.79 Å². The molecule has 0 aliphatic heterocycles. The van der Waals surface area contributed by atoms with Crippen LogP contribution in [0, 0.1) is 13.8 Å². The van der Waals surface area contributed by atoms with Gasteiger partial charge in [-0.15, -0.1) is 0 Å². The quantitative estimate of drug-likeness (QED) is 0.930. The van der Waals surface area contributed by atoms with Gasteiger partial charge in [0.1, 0.15) is 0 Å². The van der Waals surface area contributed by atoms with Gasteiger partial charge in [-0.25, -0.2) is 0 Å². The molecular weight excluding hydrogens is 248 g/mol. The average Bonchev–Trinajstić information content (AvgIpc) is 2.46. The van der Waals surface area contributed by atoms with Crippen LogP contribution in [0.1, 0.15) is 27.0 Å². The molecule has 0 fully saturated rings. The minimum absolute atomic E-state index is 0.00278. The zero-order valence-corrected chi connectivity index (χ0v) is 12.2. The molecule has 0 aliphatic rings. The molecule has 2 aromatic carbocycles. The van der Waals surface area contributed by atoms with Gasteiger partial charge < -0.3 is 10.6 Å². The number of hydrogen-bond acceptors (Lipinski definition) is 2. The molecule has 20 heavy (non-hydrogen) atoms. The highest BCUT2D eigenvalue weighted by Gasteiger charge is 2.15. The van der Waals surface area contributed by atoms with Crippen LogP contribution >= 0.6 is 0 Å². The van der Waals surface area contributed by atoms with Crippen LogP contribution < -0.4 is 10.6 Å². The Hall–Kier alpha value is -2.13. The molecule has 2 N–H and O–H groups in total. The minimum atomic E-state index is 0.00278. The van der Waals surface area contributed by atoms with Gasteiger partial charge in [-0.2, -0.15) is 0 Å². The van der Waals surface area contributed by atoms with Crippen LogP contribution in [0.3, 0.4) is 0 Å². The highest BCUT2D eigenvalue weighted by Crippen LogP contribution is 2.19. The molecule has 2 rings (SSSR count). The lowest BCUT2D eigenvalue weighted by Gasteiger charge is -2.19. The average molecular weight is 268 g/mol. The molecule has 0 unspecified atom stereocenters. The van der Waals surface area contributed by atoms with E-state index in [-0.39, 0.29) is 5.91 Å². The molecule has 0 saturated heterocycles. The standard InChI is InChI=1S/C17H20N2O/c1-12-4-9-16(13(2)10-12)17(20)19(3)15-7-5-14(11-18)6-8-15/h4-10H,11,18H2,1-3H3. The molecule has 0 spiro atoms. The molecule has 0 aromatic heterocycles. The van der Waals surface area contributed by atoms with Crippen molar-refractivity contribution in [2.45, 2.75) is 20.4 Å². The first-order valence-electron chi connectivity index (χ1n) is 6.67. The Bertz CT molecular complexity index is 617. The van der Waals surface area contributed by atoms with Gasteiger partial charge >= 0.3 is 0 Å². The van der Waals surface area contributed by atoms with E-state index in [2.05, 4.69) is 0 Å². The predicted octanol–water partition coefficient (Wildman–Crippen LogP) is 3.04. The van der Waals surface area contributed by atoms with Crippen LogP contribution in [0.25, 0.3) is 0 Å². The smallest absolute Gasteiger partial charge is 0.258 e. The van der Waals surface area contributed by atoms with Crippen LogP contribution in [0.2, 0.25) is 0 Å². The van der Waals surface area contributed by atoms with Crippen LogP contribution in [0.15, 0.2) is 42.5 Å². The number of carbonyl (C=O) groups excluding carboxylic acids is 1. The Balaban J connectivity index is 2.27. The van der Waals surface area contributed by atoms with E-state index in [1.54, 1.807) is 11.9 Å². The van der Waals surface area contributed by atoms with Gasteiger partial charge in [0.25, 0.3) is 5.91 Å². The first-order valence-corrected chi connectivity index (χ1v) is 6.67. The molecular formula is C17H20N2O. The molecule has 104 valence electrons. The van der Waals surface area contributed by atoms with Gasteiger partial charge in [0.15, 0.2) is 0 Å². The van der Waals surface area contributed by atoms with Crippen LogP contribution in [-0.4, -0.2) is 13.0 Å².